The quantitative estimate of drug-likeness (QED) is 0.316. The smallest absolute Gasteiger partial charge is 0.294 e. The lowest BCUT2D eigenvalue weighted by Crippen LogP contribution is -2.44. The van der Waals surface area contributed by atoms with Crippen LogP contribution in [0.1, 0.15) is 29.2 Å². The summed E-state index contributed by atoms with van der Waals surface area (Å²) in [6.45, 7) is 3.33. The molecule has 0 unspecified atom stereocenters. The van der Waals surface area contributed by atoms with E-state index in [1.165, 1.54) is 5.56 Å². The fraction of sp³-hybridized carbons (Fsp3) is 0.233. The van der Waals surface area contributed by atoms with Gasteiger partial charge in [-0.1, -0.05) is 60.1 Å². The van der Waals surface area contributed by atoms with Crippen LogP contribution in [0.2, 0.25) is 5.02 Å². The highest BCUT2D eigenvalue weighted by molar-refractivity contribution is 8.18. The molecule has 1 fully saturated rings. The van der Waals surface area contributed by atoms with Gasteiger partial charge in [-0.25, -0.2) is 0 Å². The normalized spacial score (nSPS) is 16.0. The van der Waals surface area contributed by atoms with Crippen molar-refractivity contribution in [2.75, 3.05) is 19.7 Å². The molecule has 2 heterocycles. The molecule has 3 aromatic carbocycles. The van der Waals surface area contributed by atoms with E-state index >= 15 is 0 Å². The van der Waals surface area contributed by atoms with Crippen LogP contribution in [0, 0.1) is 0 Å². The molecule has 7 nitrogen and oxygen atoms in total. The number of ether oxygens (including phenoxy) is 2. The number of carbonyl (C=O) groups is 3. The molecular weight excluding hydrogens is 536 g/mol. The lowest BCUT2D eigenvalue weighted by Gasteiger charge is -2.29. The van der Waals surface area contributed by atoms with Crippen molar-refractivity contribution in [3.63, 3.8) is 0 Å². The van der Waals surface area contributed by atoms with Gasteiger partial charge in [0.2, 0.25) is 5.91 Å². The predicted molar refractivity (Wildman–Crippen MR) is 152 cm³/mol. The number of imide groups is 1. The van der Waals surface area contributed by atoms with Crippen molar-refractivity contribution in [2.45, 2.75) is 26.5 Å². The maximum Gasteiger partial charge on any atom is 0.294 e. The lowest BCUT2D eigenvalue weighted by molar-refractivity contribution is -0.136. The minimum absolute atomic E-state index is 0.244. The number of amides is 3. The van der Waals surface area contributed by atoms with Crippen LogP contribution in [0.3, 0.4) is 0 Å². The second-order valence-electron chi connectivity index (χ2n) is 9.12. The average Bonchev–Trinajstić information content (AvgIpc) is 3.20. The summed E-state index contributed by atoms with van der Waals surface area (Å²) in [5.74, 6) is 0.327. The Morgan fingerprint density at radius 1 is 1.00 bits per heavy atom. The number of halogens is 1. The zero-order chi connectivity index (χ0) is 27.4. The molecule has 3 amide bonds. The van der Waals surface area contributed by atoms with E-state index in [1.807, 2.05) is 43.3 Å². The van der Waals surface area contributed by atoms with Gasteiger partial charge >= 0.3 is 0 Å². The zero-order valence-corrected chi connectivity index (χ0v) is 23.0. The molecule has 0 atom stereocenters. The Bertz CT molecular complexity index is 1460. The van der Waals surface area contributed by atoms with Crippen LogP contribution in [-0.2, 0) is 29.2 Å². The highest BCUT2D eigenvalue weighted by Crippen LogP contribution is 2.35. The summed E-state index contributed by atoms with van der Waals surface area (Å²) in [5, 5.41) is 0.160. The number of carbonyl (C=O) groups excluding carboxylic acids is 3. The first-order valence-corrected chi connectivity index (χ1v) is 13.9. The maximum atomic E-state index is 13.1. The first-order chi connectivity index (χ1) is 18.9. The summed E-state index contributed by atoms with van der Waals surface area (Å²) in [6, 6.07) is 20.7. The number of rotatable bonds is 8. The minimum Gasteiger partial charge on any atom is -0.490 e. The molecule has 0 aromatic heterocycles. The van der Waals surface area contributed by atoms with E-state index in [0.717, 1.165) is 34.2 Å². The average molecular weight is 563 g/mol. The third-order valence-electron chi connectivity index (χ3n) is 6.56. The summed E-state index contributed by atoms with van der Waals surface area (Å²) in [7, 11) is 0. The molecule has 0 spiro atoms. The fourth-order valence-electron chi connectivity index (χ4n) is 4.50. The van der Waals surface area contributed by atoms with Gasteiger partial charge in [-0.05, 0) is 66.1 Å². The van der Waals surface area contributed by atoms with E-state index in [1.54, 1.807) is 35.2 Å². The highest BCUT2D eigenvalue weighted by atomic mass is 35.5. The molecule has 39 heavy (non-hydrogen) atoms. The van der Waals surface area contributed by atoms with E-state index < -0.39 is 11.1 Å². The Morgan fingerprint density at radius 2 is 1.77 bits per heavy atom. The van der Waals surface area contributed by atoms with Crippen molar-refractivity contribution in [1.82, 2.24) is 9.80 Å². The van der Waals surface area contributed by atoms with Crippen LogP contribution in [0.25, 0.3) is 6.08 Å². The summed E-state index contributed by atoms with van der Waals surface area (Å²) >= 11 is 7.06. The summed E-state index contributed by atoms with van der Waals surface area (Å²) in [5.41, 5.74) is 3.84. The van der Waals surface area contributed by atoms with Gasteiger partial charge < -0.3 is 14.4 Å². The van der Waals surface area contributed by atoms with E-state index in [4.69, 9.17) is 21.1 Å². The van der Waals surface area contributed by atoms with Crippen LogP contribution in [0.15, 0.2) is 71.6 Å². The van der Waals surface area contributed by atoms with Crippen LogP contribution in [0.5, 0.6) is 11.5 Å². The number of hydrogen-bond acceptors (Lipinski definition) is 6. The molecule has 1 saturated heterocycles. The Balaban J connectivity index is 1.27. The van der Waals surface area contributed by atoms with Crippen LogP contribution in [-0.4, -0.2) is 46.5 Å². The van der Waals surface area contributed by atoms with Gasteiger partial charge in [0.15, 0.2) is 11.5 Å². The molecule has 0 N–H and O–H groups in total. The minimum atomic E-state index is -0.479. The van der Waals surface area contributed by atoms with Gasteiger partial charge in [-0.3, -0.25) is 19.3 Å². The molecule has 5 rings (SSSR count). The Labute approximate surface area is 236 Å². The molecule has 2 aliphatic heterocycles. The number of benzene rings is 3. The number of thioether (sulfide) groups is 1. The van der Waals surface area contributed by atoms with Crippen molar-refractivity contribution >= 4 is 46.5 Å². The van der Waals surface area contributed by atoms with Crippen LogP contribution in [0.4, 0.5) is 4.79 Å². The lowest BCUT2D eigenvalue weighted by atomic mass is 10.00. The van der Waals surface area contributed by atoms with E-state index in [-0.39, 0.29) is 24.0 Å². The highest BCUT2D eigenvalue weighted by Gasteiger charge is 2.37. The van der Waals surface area contributed by atoms with Crippen molar-refractivity contribution in [3.05, 3.63) is 98.9 Å². The molecule has 3 aromatic rings. The van der Waals surface area contributed by atoms with Gasteiger partial charge in [-0.15, -0.1) is 0 Å². The standard InChI is InChI=1S/C30H27ClN2O5S/c1-2-37-26-15-20(11-12-25(26)38-19-23-9-5-6-10-24(23)31)16-27-29(35)33(30(36)39-27)18-28(34)32-14-13-21-7-3-4-8-22(21)17-32/h3-12,15-16H,2,13-14,17-19H2,1H3/b27-16+. The largest absolute Gasteiger partial charge is 0.490 e. The van der Waals surface area contributed by atoms with Crippen molar-refractivity contribution in [1.29, 1.82) is 0 Å². The van der Waals surface area contributed by atoms with Crippen LogP contribution >= 0.6 is 23.4 Å². The molecular formula is C30H27ClN2O5S. The first-order valence-electron chi connectivity index (χ1n) is 12.7. The molecule has 0 radical (unpaired) electrons. The molecule has 2 aliphatic rings. The van der Waals surface area contributed by atoms with Crippen molar-refractivity contribution in [3.8, 4) is 11.5 Å². The SMILES string of the molecule is CCOc1cc(/C=C2/SC(=O)N(CC(=O)N3CCc4ccccc4C3)C2=O)ccc1OCc1ccccc1Cl. The fourth-order valence-corrected chi connectivity index (χ4v) is 5.53. The first kappa shape index (κ1) is 26.8. The molecule has 200 valence electrons. The second-order valence-corrected chi connectivity index (χ2v) is 10.5. The summed E-state index contributed by atoms with van der Waals surface area (Å²) in [4.78, 5) is 41.7. The topological polar surface area (TPSA) is 76.2 Å². The number of nitrogens with zero attached hydrogens (tertiary/aromatic N) is 2. The summed E-state index contributed by atoms with van der Waals surface area (Å²) in [6.07, 6.45) is 2.39. The van der Waals surface area contributed by atoms with Gasteiger partial charge in [0.05, 0.1) is 11.5 Å². The zero-order valence-electron chi connectivity index (χ0n) is 21.4. The van der Waals surface area contributed by atoms with Crippen molar-refractivity contribution < 1.29 is 23.9 Å². The molecule has 9 heteroatoms. The molecule has 0 aliphatic carbocycles. The van der Waals surface area contributed by atoms with Gasteiger partial charge in [0.1, 0.15) is 13.2 Å². The third kappa shape index (κ3) is 6.13. The predicted octanol–water partition coefficient (Wildman–Crippen LogP) is 5.94. The number of fused-ring (bicyclic) bond motifs is 1. The third-order valence-corrected chi connectivity index (χ3v) is 7.83. The van der Waals surface area contributed by atoms with Gasteiger partial charge in [-0.2, -0.15) is 0 Å². The Hall–Kier alpha value is -3.75. The molecule has 0 saturated carbocycles. The Kier molecular flexibility index (Phi) is 8.24. The van der Waals surface area contributed by atoms with Crippen molar-refractivity contribution in [2.24, 2.45) is 0 Å². The molecule has 0 bridgehead atoms. The number of hydrogen-bond donors (Lipinski definition) is 0. The summed E-state index contributed by atoms with van der Waals surface area (Å²) < 4.78 is 11.7. The second kappa shape index (κ2) is 12.0. The van der Waals surface area contributed by atoms with Gasteiger partial charge in [0, 0.05) is 23.7 Å². The van der Waals surface area contributed by atoms with E-state index in [2.05, 4.69) is 6.07 Å². The monoisotopic (exact) mass is 562 g/mol. The van der Waals surface area contributed by atoms with E-state index in [0.29, 0.717) is 41.8 Å². The Morgan fingerprint density at radius 3 is 2.56 bits per heavy atom. The van der Waals surface area contributed by atoms with E-state index in [9.17, 15) is 14.4 Å². The van der Waals surface area contributed by atoms with Gasteiger partial charge in [0.25, 0.3) is 11.1 Å². The van der Waals surface area contributed by atoms with Crippen LogP contribution < -0.4 is 9.47 Å². The maximum absolute atomic E-state index is 13.1.